The van der Waals surface area contributed by atoms with Crippen molar-refractivity contribution in [1.82, 2.24) is 0 Å². The van der Waals surface area contributed by atoms with Gasteiger partial charge in [0.1, 0.15) is 34.8 Å². The van der Waals surface area contributed by atoms with Gasteiger partial charge in [-0.1, -0.05) is 12.2 Å². The van der Waals surface area contributed by atoms with Crippen molar-refractivity contribution in [3.05, 3.63) is 65.0 Å². The molecule has 2 nitrogen and oxygen atoms in total. The van der Waals surface area contributed by atoms with Gasteiger partial charge in [0, 0.05) is 29.3 Å². The lowest BCUT2D eigenvalue weighted by atomic mass is 10.1. The lowest BCUT2D eigenvalue weighted by Crippen LogP contribution is -2.10. The number of ether oxygens (including phenoxy) is 1. The fraction of sp³-hybridized carbons (Fsp3) is 0.0714. The Labute approximate surface area is 119 Å². The molecule has 0 fully saturated rings. The smallest absolute Gasteiger partial charge is 0.129 e. The van der Waals surface area contributed by atoms with E-state index in [4.69, 9.17) is 22.7 Å². The second kappa shape index (κ2) is 5.92. The van der Waals surface area contributed by atoms with Crippen molar-refractivity contribution in [3.8, 4) is 5.75 Å². The number of rotatable bonds is 4. The normalized spacial score (nSPS) is 10.3. The van der Waals surface area contributed by atoms with Crippen LogP contribution in [0.4, 0.5) is 13.2 Å². The molecule has 0 aliphatic heterocycles. The van der Waals surface area contributed by atoms with Crippen LogP contribution >= 0.6 is 12.2 Å². The molecule has 0 aliphatic carbocycles. The highest BCUT2D eigenvalue weighted by molar-refractivity contribution is 7.80. The third-order valence-corrected chi connectivity index (χ3v) is 2.80. The minimum absolute atomic E-state index is 0.0253. The lowest BCUT2D eigenvalue weighted by Gasteiger charge is -2.09. The first-order valence-corrected chi connectivity index (χ1v) is 6.03. The van der Waals surface area contributed by atoms with Crippen molar-refractivity contribution < 1.29 is 17.9 Å². The van der Waals surface area contributed by atoms with Crippen molar-refractivity contribution in [2.45, 2.75) is 6.61 Å². The van der Waals surface area contributed by atoms with Crippen LogP contribution in [-0.2, 0) is 6.61 Å². The molecule has 20 heavy (non-hydrogen) atoms. The summed E-state index contributed by atoms with van der Waals surface area (Å²) in [6, 6.07) is 6.84. The fourth-order valence-corrected chi connectivity index (χ4v) is 1.74. The zero-order chi connectivity index (χ0) is 14.7. The Bertz CT molecular complexity index is 641. The third-order valence-electron chi connectivity index (χ3n) is 2.56. The molecule has 0 amide bonds. The highest BCUT2D eigenvalue weighted by Crippen LogP contribution is 2.18. The summed E-state index contributed by atoms with van der Waals surface area (Å²) in [7, 11) is 0. The highest BCUT2D eigenvalue weighted by Gasteiger charge is 2.07. The Kier molecular flexibility index (Phi) is 4.24. The van der Waals surface area contributed by atoms with Crippen molar-refractivity contribution in [2.24, 2.45) is 5.73 Å². The van der Waals surface area contributed by atoms with Gasteiger partial charge in [-0.3, -0.25) is 0 Å². The standard InChI is InChI=1S/C14H10F3NOS/c15-10-4-11(16)6-12(5-10)19-7-9-3-8(14(18)20)1-2-13(9)17/h1-6H,7H2,(H2,18,20). The van der Waals surface area contributed by atoms with Crippen LogP contribution in [0.5, 0.6) is 5.75 Å². The summed E-state index contributed by atoms with van der Waals surface area (Å²) in [5.74, 6) is -2.07. The summed E-state index contributed by atoms with van der Waals surface area (Å²) in [6.45, 7) is -0.189. The SMILES string of the molecule is NC(=S)c1ccc(F)c(COc2cc(F)cc(F)c2)c1. The average molecular weight is 297 g/mol. The molecule has 0 aromatic heterocycles. The van der Waals surface area contributed by atoms with Gasteiger partial charge in [0.2, 0.25) is 0 Å². The van der Waals surface area contributed by atoms with E-state index in [-0.39, 0.29) is 22.9 Å². The maximum atomic E-state index is 13.6. The van der Waals surface area contributed by atoms with Gasteiger partial charge in [0.15, 0.2) is 0 Å². The number of halogens is 3. The Morgan fingerprint density at radius 3 is 2.30 bits per heavy atom. The Morgan fingerprint density at radius 1 is 1.05 bits per heavy atom. The molecule has 0 aliphatic rings. The summed E-state index contributed by atoms with van der Waals surface area (Å²) < 4.78 is 44.7. The summed E-state index contributed by atoms with van der Waals surface area (Å²) in [5, 5.41) is 0. The average Bonchev–Trinajstić information content (AvgIpc) is 2.36. The van der Waals surface area contributed by atoms with Gasteiger partial charge < -0.3 is 10.5 Å². The lowest BCUT2D eigenvalue weighted by molar-refractivity contribution is 0.296. The predicted octanol–water partition coefficient (Wildman–Crippen LogP) is 3.32. The van der Waals surface area contributed by atoms with E-state index in [1.807, 2.05) is 0 Å². The molecule has 104 valence electrons. The van der Waals surface area contributed by atoms with Gasteiger partial charge in [0.05, 0.1) is 0 Å². The zero-order valence-corrected chi connectivity index (χ0v) is 11.0. The topological polar surface area (TPSA) is 35.2 Å². The maximum absolute atomic E-state index is 13.6. The maximum Gasteiger partial charge on any atom is 0.129 e. The number of hydrogen-bond acceptors (Lipinski definition) is 2. The van der Waals surface area contributed by atoms with E-state index in [0.29, 0.717) is 5.56 Å². The molecule has 0 bridgehead atoms. The molecule has 0 saturated heterocycles. The molecule has 0 spiro atoms. The minimum atomic E-state index is -0.766. The van der Waals surface area contributed by atoms with E-state index >= 15 is 0 Å². The molecule has 0 unspecified atom stereocenters. The Morgan fingerprint density at radius 2 is 1.70 bits per heavy atom. The summed E-state index contributed by atoms with van der Waals surface area (Å²) >= 11 is 4.79. The largest absolute Gasteiger partial charge is 0.489 e. The van der Waals surface area contributed by atoms with Crippen molar-refractivity contribution in [1.29, 1.82) is 0 Å². The molecular formula is C14H10F3NOS. The van der Waals surface area contributed by atoms with E-state index in [9.17, 15) is 13.2 Å². The van der Waals surface area contributed by atoms with Crippen molar-refractivity contribution in [3.63, 3.8) is 0 Å². The molecule has 0 radical (unpaired) electrons. The van der Waals surface area contributed by atoms with Gasteiger partial charge in [-0.05, 0) is 18.2 Å². The molecule has 2 aromatic rings. The van der Waals surface area contributed by atoms with Crippen LogP contribution in [0, 0.1) is 17.5 Å². The number of hydrogen-bond donors (Lipinski definition) is 1. The van der Waals surface area contributed by atoms with Crippen LogP contribution in [0.15, 0.2) is 36.4 Å². The molecule has 2 N–H and O–H groups in total. The summed E-state index contributed by atoms with van der Waals surface area (Å²) in [5.41, 5.74) is 6.13. The minimum Gasteiger partial charge on any atom is -0.489 e. The molecule has 0 saturated carbocycles. The number of benzene rings is 2. The van der Waals surface area contributed by atoms with Crippen LogP contribution < -0.4 is 10.5 Å². The second-order valence-corrected chi connectivity index (χ2v) is 4.50. The van der Waals surface area contributed by atoms with E-state index < -0.39 is 17.5 Å². The third kappa shape index (κ3) is 3.48. The first-order valence-electron chi connectivity index (χ1n) is 5.63. The van der Waals surface area contributed by atoms with Crippen molar-refractivity contribution in [2.75, 3.05) is 0 Å². The van der Waals surface area contributed by atoms with Crippen LogP contribution in [0.1, 0.15) is 11.1 Å². The van der Waals surface area contributed by atoms with Gasteiger partial charge in [0.25, 0.3) is 0 Å². The molecular weight excluding hydrogens is 287 g/mol. The van der Waals surface area contributed by atoms with Crippen LogP contribution in [0.25, 0.3) is 0 Å². The van der Waals surface area contributed by atoms with E-state index in [1.165, 1.54) is 18.2 Å². The van der Waals surface area contributed by atoms with Gasteiger partial charge >= 0.3 is 0 Å². The fourth-order valence-electron chi connectivity index (χ4n) is 1.61. The Hall–Kier alpha value is -2.08. The highest BCUT2D eigenvalue weighted by atomic mass is 32.1. The van der Waals surface area contributed by atoms with Gasteiger partial charge in [-0.15, -0.1) is 0 Å². The van der Waals surface area contributed by atoms with Crippen LogP contribution in [0.2, 0.25) is 0 Å². The quantitative estimate of drug-likeness (QED) is 0.879. The molecule has 6 heteroatoms. The molecule has 2 rings (SSSR count). The number of thiocarbonyl (C=S) groups is 1. The Balaban J connectivity index is 2.18. The van der Waals surface area contributed by atoms with Gasteiger partial charge in [-0.25, -0.2) is 13.2 Å². The molecule has 0 heterocycles. The van der Waals surface area contributed by atoms with Crippen LogP contribution in [-0.4, -0.2) is 4.99 Å². The summed E-state index contributed by atoms with van der Waals surface area (Å²) in [4.78, 5) is 0.128. The van der Waals surface area contributed by atoms with E-state index in [0.717, 1.165) is 18.2 Å². The van der Waals surface area contributed by atoms with E-state index in [2.05, 4.69) is 0 Å². The van der Waals surface area contributed by atoms with Crippen LogP contribution in [0.3, 0.4) is 0 Å². The first kappa shape index (κ1) is 14.3. The second-order valence-electron chi connectivity index (χ2n) is 4.06. The summed E-state index contributed by atoms with van der Waals surface area (Å²) in [6.07, 6.45) is 0. The monoisotopic (exact) mass is 297 g/mol. The number of nitrogens with two attached hydrogens (primary N) is 1. The predicted molar refractivity (Wildman–Crippen MR) is 73.0 cm³/mol. The molecule has 0 atom stereocenters. The van der Waals surface area contributed by atoms with Gasteiger partial charge in [-0.2, -0.15) is 0 Å². The first-order chi connectivity index (χ1) is 9.45. The van der Waals surface area contributed by atoms with Crippen molar-refractivity contribution >= 4 is 17.2 Å². The molecule has 2 aromatic carbocycles. The van der Waals surface area contributed by atoms with E-state index in [1.54, 1.807) is 0 Å². The zero-order valence-electron chi connectivity index (χ0n) is 10.2.